The molecular formula is C21H16BrN3O5. The van der Waals surface area contributed by atoms with Gasteiger partial charge in [0.2, 0.25) is 5.75 Å². The fourth-order valence-corrected chi connectivity index (χ4v) is 3.32. The lowest BCUT2D eigenvalue weighted by molar-refractivity contribution is -0.386. The Balaban J connectivity index is 1.90. The van der Waals surface area contributed by atoms with Crippen LogP contribution in [0.3, 0.4) is 0 Å². The van der Waals surface area contributed by atoms with Crippen LogP contribution in [0.15, 0.2) is 82.4 Å². The Morgan fingerprint density at radius 2 is 1.60 bits per heavy atom. The zero-order valence-electron chi connectivity index (χ0n) is 15.4. The molecule has 0 heterocycles. The van der Waals surface area contributed by atoms with Gasteiger partial charge in [-0.1, -0.05) is 60.7 Å². The molecule has 1 amide bonds. The second kappa shape index (κ2) is 8.85. The molecule has 0 radical (unpaired) electrons. The molecule has 3 aromatic carbocycles. The molecule has 0 spiro atoms. The van der Waals surface area contributed by atoms with Crippen molar-refractivity contribution in [3.05, 3.63) is 104 Å². The van der Waals surface area contributed by atoms with E-state index in [1.165, 1.54) is 12.3 Å². The zero-order valence-corrected chi connectivity index (χ0v) is 17.0. The van der Waals surface area contributed by atoms with Gasteiger partial charge in [-0.3, -0.25) is 14.9 Å². The van der Waals surface area contributed by atoms with Gasteiger partial charge in [0.15, 0.2) is 5.60 Å². The predicted octanol–water partition coefficient (Wildman–Crippen LogP) is 3.45. The van der Waals surface area contributed by atoms with Crippen molar-refractivity contribution in [1.29, 1.82) is 0 Å². The van der Waals surface area contributed by atoms with Crippen LogP contribution in [-0.4, -0.2) is 27.3 Å². The number of hydrogen-bond acceptors (Lipinski definition) is 6. The van der Waals surface area contributed by atoms with Gasteiger partial charge in [-0.05, 0) is 33.1 Å². The lowest BCUT2D eigenvalue weighted by Gasteiger charge is -2.27. The molecule has 3 aromatic rings. The highest BCUT2D eigenvalue weighted by molar-refractivity contribution is 9.10. The van der Waals surface area contributed by atoms with E-state index < -0.39 is 27.9 Å². The van der Waals surface area contributed by atoms with Crippen LogP contribution in [0.25, 0.3) is 0 Å². The lowest BCUT2D eigenvalue weighted by atomic mass is 9.85. The van der Waals surface area contributed by atoms with Gasteiger partial charge < -0.3 is 10.2 Å². The summed E-state index contributed by atoms with van der Waals surface area (Å²) in [6, 6.07) is 19.3. The summed E-state index contributed by atoms with van der Waals surface area (Å²) in [7, 11) is 0. The van der Waals surface area contributed by atoms with E-state index in [1.54, 1.807) is 60.7 Å². The summed E-state index contributed by atoms with van der Waals surface area (Å²) in [6.07, 6.45) is 1.17. The number of aromatic hydroxyl groups is 1. The molecule has 0 bridgehead atoms. The summed E-state index contributed by atoms with van der Waals surface area (Å²) in [6.45, 7) is 0. The number of nitro benzene ring substituents is 1. The SMILES string of the molecule is O=C(N/N=C\c1cc(Br)c(O)c([N+](=O)[O-])c1)C(O)(c1ccccc1)c1ccccc1. The molecule has 0 aliphatic heterocycles. The molecular weight excluding hydrogens is 454 g/mol. The first-order chi connectivity index (χ1) is 14.3. The summed E-state index contributed by atoms with van der Waals surface area (Å²) in [4.78, 5) is 23.2. The minimum Gasteiger partial charge on any atom is -0.501 e. The first-order valence-corrected chi connectivity index (χ1v) is 9.47. The molecule has 152 valence electrons. The van der Waals surface area contributed by atoms with Crippen molar-refractivity contribution in [1.82, 2.24) is 5.43 Å². The van der Waals surface area contributed by atoms with Crippen LogP contribution in [0, 0.1) is 10.1 Å². The summed E-state index contributed by atoms with van der Waals surface area (Å²) in [5, 5.41) is 35.9. The molecule has 30 heavy (non-hydrogen) atoms. The molecule has 0 aliphatic carbocycles. The zero-order chi connectivity index (χ0) is 21.7. The Kier molecular flexibility index (Phi) is 6.24. The van der Waals surface area contributed by atoms with Gasteiger partial charge in [-0.2, -0.15) is 5.10 Å². The third kappa shape index (κ3) is 4.22. The van der Waals surface area contributed by atoms with Crippen molar-refractivity contribution >= 4 is 33.7 Å². The van der Waals surface area contributed by atoms with Gasteiger partial charge in [0.25, 0.3) is 5.91 Å². The fraction of sp³-hybridized carbons (Fsp3) is 0.0476. The largest absolute Gasteiger partial charge is 0.501 e. The number of carbonyl (C=O) groups is 1. The van der Waals surface area contributed by atoms with Crippen LogP contribution in [0.2, 0.25) is 0 Å². The van der Waals surface area contributed by atoms with Crippen molar-refractivity contribution in [2.45, 2.75) is 5.60 Å². The highest BCUT2D eigenvalue weighted by Gasteiger charge is 2.39. The summed E-state index contributed by atoms with van der Waals surface area (Å²) in [5.74, 6) is -1.31. The molecule has 0 fully saturated rings. The Morgan fingerprint density at radius 1 is 1.07 bits per heavy atom. The smallest absolute Gasteiger partial charge is 0.312 e. The van der Waals surface area contributed by atoms with E-state index in [-0.39, 0.29) is 10.0 Å². The normalized spacial score (nSPS) is 11.4. The van der Waals surface area contributed by atoms with Crippen LogP contribution in [-0.2, 0) is 10.4 Å². The third-order valence-electron chi connectivity index (χ3n) is 4.35. The van der Waals surface area contributed by atoms with Crippen LogP contribution in [0.4, 0.5) is 5.69 Å². The van der Waals surface area contributed by atoms with E-state index >= 15 is 0 Å². The summed E-state index contributed by atoms with van der Waals surface area (Å²) in [5.41, 5.74) is 0.740. The highest BCUT2D eigenvalue weighted by Crippen LogP contribution is 2.34. The van der Waals surface area contributed by atoms with Crippen LogP contribution < -0.4 is 5.43 Å². The quantitative estimate of drug-likeness (QED) is 0.289. The van der Waals surface area contributed by atoms with E-state index in [0.717, 1.165) is 6.07 Å². The first kappa shape index (κ1) is 21.2. The van der Waals surface area contributed by atoms with E-state index in [1.807, 2.05) is 0 Å². The summed E-state index contributed by atoms with van der Waals surface area (Å²) >= 11 is 3.04. The maximum Gasteiger partial charge on any atom is 0.312 e. The number of nitro groups is 1. The van der Waals surface area contributed by atoms with Crippen molar-refractivity contribution in [3.63, 3.8) is 0 Å². The van der Waals surface area contributed by atoms with E-state index in [9.17, 15) is 25.1 Å². The van der Waals surface area contributed by atoms with Crippen molar-refractivity contribution in [2.75, 3.05) is 0 Å². The second-order valence-electron chi connectivity index (χ2n) is 6.27. The van der Waals surface area contributed by atoms with E-state index in [4.69, 9.17) is 0 Å². The predicted molar refractivity (Wildman–Crippen MR) is 114 cm³/mol. The molecule has 0 unspecified atom stereocenters. The number of carbonyl (C=O) groups excluding carboxylic acids is 1. The molecule has 3 N–H and O–H groups in total. The Morgan fingerprint density at radius 3 is 2.10 bits per heavy atom. The van der Waals surface area contributed by atoms with Crippen molar-refractivity contribution < 1.29 is 19.9 Å². The second-order valence-corrected chi connectivity index (χ2v) is 7.12. The Hall–Kier alpha value is -3.56. The Labute approximate surface area is 179 Å². The number of nitrogens with one attached hydrogen (secondary N) is 1. The number of aliphatic hydroxyl groups is 1. The number of benzene rings is 3. The van der Waals surface area contributed by atoms with Gasteiger partial charge in [-0.25, -0.2) is 5.43 Å². The molecule has 8 nitrogen and oxygen atoms in total. The van der Waals surface area contributed by atoms with Gasteiger partial charge in [0.1, 0.15) is 0 Å². The maximum atomic E-state index is 12.9. The van der Waals surface area contributed by atoms with Gasteiger partial charge in [-0.15, -0.1) is 0 Å². The molecule has 9 heteroatoms. The van der Waals surface area contributed by atoms with Crippen LogP contribution in [0.1, 0.15) is 16.7 Å². The van der Waals surface area contributed by atoms with Gasteiger partial charge in [0.05, 0.1) is 15.6 Å². The molecule has 0 saturated heterocycles. The number of amides is 1. The van der Waals surface area contributed by atoms with Crippen molar-refractivity contribution in [2.24, 2.45) is 5.10 Å². The fourth-order valence-electron chi connectivity index (χ4n) is 2.85. The van der Waals surface area contributed by atoms with E-state index in [0.29, 0.717) is 11.1 Å². The standard InChI is InChI=1S/C21H16BrN3O5/c22-17-11-14(12-18(19(17)26)25(29)30)13-23-24-20(27)21(28,15-7-3-1-4-8-15)16-9-5-2-6-10-16/h1-13,26,28H,(H,24,27)/b23-13-. The lowest BCUT2D eigenvalue weighted by Crippen LogP contribution is -2.43. The van der Waals surface area contributed by atoms with Crippen molar-refractivity contribution in [3.8, 4) is 5.75 Å². The average Bonchev–Trinajstić information content (AvgIpc) is 2.76. The van der Waals surface area contributed by atoms with Crippen LogP contribution in [0.5, 0.6) is 5.75 Å². The third-order valence-corrected chi connectivity index (χ3v) is 4.96. The number of hydrogen-bond donors (Lipinski definition) is 3. The minimum absolute atomic E-state index is 0.106. The highest BCUT2D eigenvalue weighted by atomic mass is 79.9. The number of nitrogens with zero attached hydrogens (tertiary/aromatic N) is 2. The average molecular weight is 470 g/mol. The molecule has 0 atom stereocenters. The number of rotatable bonds is 6. The molecule has 0 saturated carbocycles. The number of phenols is 1. The molecule has 0 aromatic heterocycles. The van der Waals surface area contributed by atoms with Gasteiger partial charge in [0, 0.05) is 11.6 Å². The van der Waals surface area contributed by atoms with E-state index in [2.05, 4.69) is 26.5 Å². The Bertz CT molecular complexity index is 1060. The van der Waals surface area contributed by atoms with Crippen LogP contribution >= 0.6 is 15.9 Å². The number of hydrazone groups is 1. The molecule has 3 rings (SSSR count). The topological polar surface area (TPSA) is 125 Å². The minimum atomic E-state index is -2.00. The monoisotopic (exact) mass is 469 g/mol. The molecule has 0 aliphatic rings. The number of halogens is 1. The number of phenolic OH excluding ortho intramolecular Hbond substituents is 1. The first-order valence-electron chi connectivity index (χ1n) is 8.68. The maximum absolute atomic E-state index is 12.9. The summed E-state index contributed by atoms with van der Waals surface area (Å²) < 4.78 is 0.106. The van der Waals surface area contributed by atoms with Gasteiger partial charge >= 0.3 is 5.69 Å².